The minimum atomic E-state index is -0.785. The summed E-state index contributed by atoms with van der Waals surface area (Å²) in [6.07, 6.45) is 16.9. The largest absolute Gasteiger partial charge is 0.481 e. The van der Waals surface area contributed by atoms with E-state index >= 15 is 0 Å². The highest BCUT2D eigenvalue weighted by Crippen LogP contribution is 2.38. The molecule has 0 spiro atoms. The molecule has 1 aliphatic carbocycles. The lowest BCUT2D eigenvalue weighted by Crippen LogP contribution is -2.25. The van der Waals surface area contributed by atoms with Crippen molar-refractivity contribution >= 4 is 11.9 Å². The molecule has 0 aromatic rings. The number of carboxylic acids is 1. The van der Waals surface area contributed by atoms with Crippen LogP contribution in [0.15, 0.2) is 36.0 Å². The molecule has 0 bridgehead atoms. The van der Waals surface area contributed by atoms with Crippen LogP contribution in [-0.2, 0) is 14.3 Å². The molecule has 3 atom stereocenters. The topological polar surface area (TPSA) is 63.6 Å². The fourth-order valence-electron chi connectivity index (χ4n) is 3.43. The number of rotatable bonds is 11. The molecule has 0 aliphatic heterocycles. The molecule has 4 nitrogen and oxygen atoms in total. The normalized spacial score (nSPS) is 23.8. The SMILES string of the molecule is C/C=C\C=C(/C)C(=O)O[C@@H]1CC[C@H](CC(=O)O)C1/C=C/CCCCCC. The van der Waals surface area contributed by atoms with Crippen molar-refractivity contribution in [2.75, 3.05) is 0 Å². The lowest BCUT2D eigenvalue weighted by Gasteiger charge is -2.21. The molecule has 4 heteroatoms. The Morgan fingerprint density at radius 1 is 1.19 bits per heavy atom. The fraction of sp³-hybridized carbons (Fsp3) is 0.636. The molecule has 1 saturated carbocycles. The fourth-order valence-corrected chi connectivity index (χ4v) is 3.43. The molecule has 26 heavy (non-hydrogen) atoms. The first-order valence-corrected chi connectivity index (χ1v) is 9.88. The monoisotopic (exact) mass is 362 g/mol. The molecule has 0 amide bonds. The van der Waals surface area contributed by atoms with E-state index < -0.39 is 5.97 Å². The molecular weight excluding hydrogens is 328 g/mol. The molecule has 146 valence electrons. The van der Waals surface area contributed by atoms with Gasteiger partial charge < -0.3 is 9.84 Å². The minimum Gasteiger partial charge on any atom is -0.481 e. The van der Waals surface area contributed by atoms with Crippen molar-refractivity contribution < 1.29 is 19.4 Å². The predicted molar refractivity (Wildman–Crippen MR) is 105 cm³/mol. The van der Waals surface area contributed by atoms with Gasteiger partial charge in [-0.05, 0) is 45.4 Å². The van der Waals surface area contributed by atoms with E-state index in [9.17, 15) is 9.59 Å². The maximum Gasteiger partial charge on any atom is 0.334 e. The van der Waals surface area contributed by atoms with Gasteiger partial charge in [0.2, 0.25) is 0 Å². The molecule has 0 aromatic heterocycles. The van der Waals surface area contributed by atoms with Gasteiger partial charge in [-0.3, -0.25) is 4.79 Å². The van der Waals surface area contributed by atoms with Crippen molar-refractivity contribution in [2.24, 2.45) is 11.8 Å². The molecular formula is C22H34O4. The number of carboxylic acid groups (broad SMARTS) is 1. The molecule has 0 aromatic carbocycles. The summed E-state index contributed by atoms with van der Waals surface area (Å²) in [4.78, 5) is 23.4. The van der Waals surface area contributed by atoms with Crippen LogP contribution in [0.25, 0.3) is 0 Å². The van der Waals surface area contributed by atoms with Crippen molar-refractivity contribution in [1.82, 2.24) is 0 Å². The lowest BCUT2D eigenvalue weighted by molar-refractivity contribution is -0.145. The highest BCUT2D eigenvalue weighted by Gasteiger charge is 2.38. The Kier molecular flexibility index (Phi) is 10.7. The van der Waals surface area contributed by atoms with Crippen LogP contribution in [-0.4, -0.2) is 23.1 Å². The second-order valence-corrected chi connectivity index (χ2v) is 7.11. The number of carbonyl (C=O) groups excluding carboxylic acids is 1. The van der Waals surface area contributed by atoms with E-state index in [-0.39, 0.29) is 30.3 Å². The van der Waals surface area contributed by atoms with Gasteiger partial charge in [0.25, 0.3) is 0 Å². The summed E-state index contributed by atoms with van der Waals surface area (Å²) >= 11 is 0. The summed E-state index contributed by atoms with van der Waals surface area (Å²) in [5.74, 6) is -1.06. The van der Waals surface area contributed by atoms with Crippen LogP contribution in [0.4, 0.5) is 0 Å². The van der Waals surface area contributed by atoms with E-state index in [1.54, 1.807) is 13.0 Å². The Morgan fingerprint density at radius 3 is 2.62 bits per heavy atom. The molecule has 1 rings (SSSR count). The summed E-state index contributed by atoms with van der Waals surface area (Å²) in [6, 6.07) is 0. The number of unbranched alkanes of at least 4 members (excludes halogenated alkanes) is 4. The summed E-state index contributed by atoms with van der Waals surface area (Å²) in [7, 11) is 0. The van der Waals surface area contributed by atoms with Crippen LogP contribution in [0.2, 0.25) is 0 Å². The highest BCUT2D eigenvalue weighted by atomic mass is 16.5. The van der Waals surface area contributed by atoms with E-state index in [0.29, 0.717) is 5.57 Å². The summed E-state index contributed by atoms with van der Waals surface area (Å²) in [5, 5.41) is 9.17. The number of hydrogen-bond acceptors (Lipinski definition) is 3. The molecule has 1 N–H and O–H groups in total. The minimum absolute atomic E-state index is 0.00394. The van der Waals surface area contributed by atoms with Crippen molar-refractivity contribution in [3.05, 3.63) is 36.0 Å². The molecule has 0 heterocycles. The third-order valence-electron chi connectivity index (χ3n) is 4.93. The van der Waals surface area contributed by atoms with Gasteiger partial charge in [0, 0.05) is 17.9 Å². The molecule has 1 unspecified atom stereocenters. The Hall–Kier alpha value is -1.84. The van der Waals surface area contributed by atoms with Gasteiger partial charge in [-0.25, -0.2) is 4.79 Å². The van der Waals surface area contributed by atoms with Crippen molar-refractivity contribution in [1.29, 1.82) is 0 Å². The average Bonchev–Trinajstić information content (AvgIpc) is 2.96. The number of ether oxygens (including phenoxy) is 1. The zero-order valence-electron chi connectivity index (χ0n) is 16.4. The maximum atomic E-state index is 12.3. The second-order valence-electron chi connectivity index (χ2n) is 7.11. The third kappa shape index (κ3) is 8.03. The van der Waals surface area contributed by atoms with Crippen molar-refractivity contribution in [3.8, 4) is 0 Å². The van der Waals surface area contributed by atoms with Crippen LogP contribution >= 0.6 is 0 Å². The lowest BCUT2D eigenvalue weighted by atomic mass is 9.91. The molecule has 0 saturated heterocycles. The van der Waals surface area contributed by atoms with Gasteiger partial charge in [-0.1, -0.05) is 56.6 Å². The van der Waals surface area contributed by atoms with E-state index in [4.69, 9.17) is 9.84 Å². The number of esters is 1. The number of allylic oxidation sites excluding steroid dienone is 4. The predicted octanol–water partition coefficient (Wildman–Crippen LogP) is 5.45. The Bertz CT molecular complexity index is 530. The van der Waals surface area contributed by atoms with Crippen LogP contribution in [0.1, 0.15) is 72.1 Å². The average molecular weight is 363 g/mol. The van der Waals surface area contributed by atoms with Gasteiger partial charge in [0.05, 0.1) is 0 Å². The number of hydrogen-bond donors (Lipinski definition) is 1. The van der Waals surface area contributed by atoms with Crippen LogP contribution in [0, 0.1) is 11.8 Å². The zero-order valence-corrected chi connectivity index (χ0v) is 16.4. The van der Waals surface area contributed by atoms with Crippen LogP contribution < -0.4 is 0 Å². The first-order chi connectivity index (χ1) is 12.5. The molecule has 1 aliphatic rings. The van der Waals surface area contributed by atoms with Crippen molar-refractivity contribution in [2.45, 2.75) is 78.2 Å². The Labute approximate surface area is 158 Å². The Morgan fingerprint density at radius 2 is 1.96 bits per heavy atom. The van der Waals surface area contributed by atoms with E-state index in [0.717, 1.165) is 25.7 Å². The quantitative estimate of drug-likeness (QED) is 0.175. The van der Waals surface area contributed by atoms with Gasteiger partial charge in [-0.2, -0.15) is 0 Å². The van der Waals surface area contributed by atoms with E-state index in [1.807, 2.05) is 19.1 Å². The summed E-state index contributed by atoms with van der Waals surface area (Å²) < 4.78 is 5.70. The summed E-state index contributed by atoms with van der Waals surface area (Å²) in [6.45, 7) is 5.82. The van der Waals surface area contributed by atoms with Gasteiger partial charge in [-0.15, -0.1) is 0 Å². The first kappa shape index (κ1) is 22.2. The smallest absolute Gasteiger partial charge is 0.334 e. The van der Waals surface area contributed by atoms with E-state index in [2.05, 4.69) is 19.1 Å². The van der Waals surface area contributed by atoms with Gasteiger partial charge >= 0.3 is 11.9 Å². The molecule has 1 fully saturated rings. The zero-order chi connectivity index (χ0) is 19.4. The third-order valence-corrected chi connectivity index (χ3v) is 4.93. The number of aliphatic carboxylic acids is 1. The maximum absolute atomic E-state index is 12.3. The molecule has 0 radical (unpaired) electrons. The van der Waals surface area contributed by atoms with E-state index in [1.165, 1.54) is 19.3 Å². The Balaban J connectivity index is 2.70. The van der Waals surface area contributed by atoms with Gasteiger partial charge in [0.15, 0.2) is 0 Å². The standard InChI is InChI=1S/C22H34O4/c1-4-6-8-9-10-11-13-19-18(16-21(23)24)14-15-20(19)26-22(25)17(3)12-7-5-2/h5,7,11-13,18-20H,4,6,8-10,14-16H2,1-3H3,(H,23,24)/b7-5-,13-11+,17-12+/t18-,19?,20-/m1/s1. The highest BCUT2D eigenvalue weighted by molar-refractivity contribution is 5.88. The first-order valence-electron chi connectivity index (χ1n) is 9.88. The van der Waals surface area contributed by atoms with Crippen LogP contribution in [0.3, 0.4) is 0 Å². The van der Waals surface area contributed by atoms with Crippen molar-refractivity contribution in [3.63, 3.8) is 0 Å². The van der Waals surface area contributed by atoms with Crippen LogP contribution in [0.5, 0.6) is 0 Å². The van der Waals surface area contributed by atoms with Gasteiger partial charge in [0.1, 0.15) is 6.10 Å². The summed E-state index contributed by atoms with van der Waals surface area (Å²) in [5.41, 5.74) is 0.562. The second kappa shape index (κ2) is 12.5. The number of carbonyl (C=O) groups is 2.